The van der Waals surface area contributed by atoms with Crippen molar-refractivity contribution in [1.82, 2.24) is 10.3 Å². The molecule has 1 aromatic carbocycles. The van der Waals surface area contributed by atoms with Crippen LogP contribution in [0, 0.1) is 0 Å². The molecular weight excluding hydrogens is 370 g/mol. The number of nitrogens with zero attached hydrogens (tertiary/aromatic N) is 2. The Labute approximate surface area is 182 Å². The molecular formula is C26H37N3O. The van der Waals surface area contributed by atoms with Gasteiger partial charge in [-0.15, -0.1) is 0 Å². The Kier molecular flexibility index (Phi) is 6.54. The van der Waals surface area contributed by atoms with Gasteiger partial charge < -0.3 is 10.2 Å². The molecule has 2 aromatic rings. The monoisotopic (exact) mass is 407 g/mol. The number of pyridine rings is 1. The third kappa shape index (κ3) is 5.84. The van der Waals surface area contributed by atoms with Gasteiger partial charge in [0.2, 0.25) is 5.91 Å². The van der Waals surface area contributed by atoms with Gasteiger partial charge in [0.15, 0.2) is 0 Å². The van der Waals surface area contributed by atoms with Gasteiger partial charge in [0.25, 0.3) is 0 Å². The molecule has 0 bridgehead atoms. The zero-order valence-corrected chi connectivity index (χ0v) is 19.5. The molecule has 0 saturated carbocycles. The number of anilines is 1. The molecule has 3 rings (SSSR count). The van der Waals surface area contributed by atoms with E-state index in [1.54, 1.807) is 0 Å². The highest BCUT2D eigenvalue weighted by molar-refractivity contribution is 5.76. The third-order valence-corrected chi connectivity index (χ3v) is 5.89. The van der Waals surface area contributed by atoms with Crippen LogP contribution in [0.5, 0.6) is 0 Å². The second kappa shape index (κ2) is 8.79. The molecule has 1 atom stereocenters. The summed E-state index contributed by atoms with van der Waals surface area (Å²) in [6.45, 7) is 15.3. The van der Waals surface area contributed by atoms with E-state index in [2.05, 4.69) is 74.9 Å². The van der Waals surface area contributed by atoms with Crippen molar-refractivity contribution in [3.8, 4) is 0 Å². The smallest absolute Gasteiger partial charge is 0.220 e. The highest BCUT2D eigenvalue weighted by Gasteiger charge is 2.25. The zero-order chi connectivity index (χ0) is 21.9. The van der Waals surface area contributed by atoms with Crippen molar-refractivity contribution in [2.24, 2.45) is 0 Å². The fourth-order valence-electron chi connectivity index (χ4n) is 3.89. The minimum Gasteiger partial charge on any atom is -0.354 e. The van der Waals surface area contributed by atoms with E-state index in [-0.39, 0.29) is 22.8 Å². The molecule has 0 radical (unpaired) electrons. The second-order valence-electron chi connectivity index (χ2n) is 10.6. The largest absolute Gasteiger partial charge is 0.354 e. The van der Waals surface area contributed by atoms with Crippen LogP contribution in [0.2, 0.25) is 0 Å². The number of aryl methyl sites for hydroxylation is 1. The number of carbonyl (C=O) groups excluding carboxylic acids is 1. The Morgan fingerprint density at radius 3 is 2.30 bits per heavy atom. The van der Waals surface area contributed by atoms with Gasteiger partial charge >= 0.3 is 0 Å². The molecule has 1 N–H and O–H groups in total. The average molecular weight is 408 g/mol. The predicted molar refractivity (Wildman–Crippen MR) is 125 cm³/mol. The molecule has 30 heavy (non-hydrogen) atoms. The van der Waals surface area contributed by atoms with E-state index in [9.17, 15) is 4.79 Å². The van der Waals surface area contributed by atoms with Crippen LogP contribution >= 0.6 is 0 Å². The van der Waals surface area contributed by atoms with Crippen molar-refractivity contribution in [3.63, 3.8) is 0 Å². The Bertz CT molecular complexity index is 830. The van der Waals surface area contributed by atoms with E-state index in [4.69, 9.17) is 0 Å². The summed E-state index contributed by atoms with van der Waals surface area (Å²) < 4.78 is 0. The quantitative estimate of drug-likeness (QED) is 0.758. The lowest BCUT2D eigenvalue weighted by atomic mass is 9.79. The first-order valence-corrected chi connectivity index (χ1v) is 11.1. The fraction of sp³-hybridized carbons (Fsp3) is 0.538. The van der Waals surface area contributed by atoms with Gasteiger partial charge in [-0.3, -0.25) is 4.79 Å². The number of hydrogen-bond acceptors (Lipinski definition) is 3. The van der Waals surface area contributed by atoms with Crippen molar-refractivity contribution >= 4 is 11.7 Å². The van der Waals surface area contributed by atoms with Crippen LogP contribution in [0.15, 0.2) is 42.6 Å². The van der Waals surface area contributed by atoms with E-state index >= 15 is 0 Å². The molecule has 162 valence electrons. The summed E-state index contributed by atoms with van der Waals surface area (Å²) in [5, 5.41) is 3.23. The van der Waals surface area contributed by atoms with Crippen LogP contribution in [0.1, 0.15) is 71.1 Å². The maximum Gasteiger partial charge on any atom is 0.220 e. The van der Waals surface area contributed by atoms with Crippen molar-refractivity contribution in [2.75, 3.05) is 18.0 Å². The summed E-state index contributed by atoms with van der Waals surface area (Å²) in [4.78, 5) is 19.3. The first kappa shape index (κ1) is 22.3. The van der Waals surface area contributed by atoms with E-state index in [1.807, 2.05) is 24.4 Å². The Morgan fingerprint density at radius 2 is 1.73 bits per heavy atom. The summed E-state index contributed by atoms with van der Waals surface area (Å²) in [6.07, 6.45) is 4.08. The molecule has 1 aliphatic rings. The Hall–Kier alpha value is -2.36. The third-order valence-electron chi connectivity index (χ3n) is 5.89. The number of rotatable bonds is 5. The average Bonchev–Trinajstić information content (AvgIpc) is 3.14. The van der Waals surface area contributed by atoms with Crippen molar-refractivity contribution in [3.05, 3.63) is 59.3 Å². The van der Waals surface area contributed by atoms with Gasteiger partial charge in [-0.05, 0) is 52.5 Å². The van der Waals surface area contributed by atoms with Crippen molar-refractivity contribution in [2.45, 2.75) is 77.7 Å². The van der Waals surface area contributed by atoms with Crippen LogP contribution in [-0.4, -0.2) is 30.0 Å². The lowest BCUT2D eigenvalue weighted by Gasteiger charge is -2.26. The lowest BCUT2D eigenvalue weighted by Crippen LogP contribution is -2.37. The summed E-state index contributed by atoms with van der Waals surface area (Å²) in [5.74, 6) is 1.13. The van der Waals surface area contributed by atoms with Crippen molar-refractivity contribution < 1.29 is 4.79 Å². The Morgan fingerprint density at radius 1 is 1.07 bits per heavy atom. The molecule has 4 heteroatoms. The Balaban J connectivity index is 1.59. The number of hydrogen-bond donors (Lipinski definition) is 1. The molecule has 1 fully saturated rings. The molecule has 0 aliphatic carbocycles. The van der Waals surface area contributed by atoms with Crippen molar-refractivity contribution in [1.29, 1.82) is 0 Å². The number of aromatic nitrogens is 1. The van der Waals surface area contributed by atoms with E-state index in [0.717, 1.165) is 31.7 Å². The van der Waals surface area contributed by atoms with Gasteiger partial charge in [0.1, 0.15) is 5.82 Å². The maximum absolute atomic E-state index is 12.6. The number of benzene rings is 1. The number of amides is 1. The first-order chi connectivity index (χ1) is 14.0. The van der Waals surface area contributed by atoms with Gasteiger partial charge in [0.05, 0.1) is 0 Å². The van der Waals surface area contributed by atoms with E-state index in [0.29, 0.717) is 6.42 Å². The van der Waals surface area contributed by atoms with Crippen LogP contribution in [0.3, 0.4) is 0 Å². The predicted octanol–water partition coefficient (Wildman–Crippen LogP) is 5.00. The normalized spacial score (nSPS) is 17.3. The molecule has 1 amide bonds. The molecule has 4 nitrogen and oxygen atoms in total. The van der Waals surface area contributed by atoms with Crippen LogP contribution in [0.25, 0.3) is 0 Å². The highest BCUT2D eigenvalue weighted by Crippen LogP contribution is 2.30. The molecule has 0 spiro atoms. The van der Waals surface area contributed by atoms with Crippen LogP contribution in [0.4, 0.5) is 5.82 Å². The zero-order valence-electron chi connectivity index (χ0n) is 19.5. The highest BCUT2D eigenvalue weighted by atomic mass is 16.1. The summed E-state index contributed by atoms with van der Waals surface area (Å²) >= 11 is 0. The molecule has 2 heterocycles. The summed E-state index contributed by atoms with van der Waals surface area (Å²) in [6, 6.07) is 13.0. The molecule has 1 aliphatic heterocycles. The van der Waals surface area contributed by atoms with Gasteiger partial charge in [0, 0.05) is 31.7 Å². The lowest BCUT2D eigenvalue weighted by molar-refractivity contribution is -0.121. The second-order valence-corrected chi connectivity index (χ2v) is 10.6. The standard InChI is InChI=1S/C26H37N3O/c1-25(2,3)20-15-19(16-21(17-20)26(4,5)6)10-11-24(30)28-22-12-14-29(18-22)23-9-7-8-13-27-23/h7-9,13,15-17,22H,10-12,14,18H2,1-6H3,(H,28,30). The van der Waals surface area contributed by atoms with Crippen LogP contribution < -0.4 is 10.2 Å². The van der Waals surface area contributed by atoms with Gasteiger partial charge in [-0.1, -0.05) is 65.8 Å². The fourth-order valence-corrected chi connectivity index (χ4v) is 3.89. The summed E-state index contributed by atoms with van der Waals surface area (Å²) in [7, 11) is 0. The first-order valence-electron chi connectivity index (χ1n) is 11.1. The topological polar surface area (TPSA) is 45.2 Å². The van der Waals surface area contributed by atoms with E-state index < -0.39 is 0 Å². The SMILES string of the molecule is CC(C)(C)c1cc(CCC(=O)NC2CCN(c3ccccn3)C2)cc(C(C)(C)C)c1. The number of nitrogens with one attached hydrogen (secondary N) is 1. The van der Waals surface area contributed by atoms with Gasteiger partial charge in [-0.2, -0.15) is 0 Å². The van der Waals surface area contributed by atoms with Crippen LogP contribution in [-0.2, 0) is 22.0 Å². The maximum atomic E-state index is 12.6. The summed E-state index contributed by atoms with van der Waals surface area (Å²) in [5.41, 5.74) is 4.12. The molecule has 1 unspecified atom stereocenters. The van der Waals surface area contributed by atoms with Gasteiger partial charge in [-0.25, -0.2) is 4.98 Å². The number of carbonyl (C=O) groups is 1. The minimum absolute atomic E-state index is 0.0943. The van der Waals surface area contributed by atoms with E-state index in [1.165, 1.54) is 16.7 Å². The molecule has 1 saturated heterocycles. The molecule has 1 aromatic heterocycles. The minimum atomic E-state index is 0.0943.